The van der Waals surface area contributed by atoms with Crippen LogP contribution in [0.2, 0.25) is 5.02 Å². The van der Waals surface area contributed by atoms with Crippen LogP contribution in [0.4, 0.5) is 5.69 Å². The number of fused-ring (bicyclic) bond motifs is 1. The highest BCUT2D eigenvalue weighted by Gasteiger charge is 2.15. The van der Waals surface area contributed by atoms with E-state index in [-0.39, 0.29) is 0 Å². The first-order valence-corrected chi connectivity index (χ1v) is 7.69. The second kappa shape index (κ2) is 5.43. The highest BCUT2D eigenvalue weighted by molar-refractivity contribution is 7.98. The number of halogens is 1. The molecule has 0 radical (unpaired) electrons. The Morgan fingerprint density at radius 1 is 1.32 bits per heavy atom. The molecule has 0 aliphatic carbocycles. The quantitative estimate of drug-likeness (QED) is 0.698. The number of aryl methyl sites for hydroxylation is 1. The van der Waals surface area contributed by atoms with E-state index in [4.69, 9.17) is 17.3 Å². The molecule has 2 heterocycles. The highest BCUT2D eigenvalue weighted by Crippen LogP contribution is 2.28. The summed E-state index contributed by atoms with van der Waals surface area (Å²) in [5, 5.41) is 9.15. The normalized spacial score (nSPS) is 14.4. The van der Waals surface area contributed by atoms with Gasteiger partial charge in [0.2, 0.25) is 0 Å². The lowest BCUT2D eigenvalue weighted by atomic mass is 10.2. The Bertz CT molecular complexity index is 596. The zero-order chi connectivity index (χ0) is 13.2. The number of nitrogens with zero attached hydrogens (tertiary/aromatic N) is 3. The molecule has 4 nitrogen and oxygen atoms in total. The van der Waals surface area contributed by atoms with Crippen LogP contribution in [0, 0.1) is 0 Å². The largest absolute Gasteiger partial charge is 0.398 e. The van der Waals surface area contributed by atoms with Gasteiger partial charge in [-0.05, 0) is 31.0 Å². The summed E-state index contributed by atoms with van der Waals surface area (Å²) in [6, 6.07) is 5.72. The van der Waals surface area contributed by atoms with Gasteiger partial charge in [0.05, 0.1) is 16.5 Å². The van der Waals surface area contributed by atoms with E-state index in [1.54, 1.807) is 11.8 Å². The summed E-state index contributed by atoms with van der Waals surface area (Å²) in [6.07, 6.45) is 3.49. The lowest BCUT2D eigenvalue weighted by molar-refractivity contribution is 0.513. The third-order valence-electron chi connectivity index (χ3n) is 3.28. The van der Waals surface area contributed by atoms with Gasteiger partial charge in [0.15, 0.2) is 0 Å². The molecule has 0 atom stereocenters. The molecule has 0 unspecified atom stereocenters. The van der Waals surface area contributed by atoms with Crippen LogP contribution in [0.5, 0.6) is 0 Å². The number of nitrogen functional groups attached to an aromatic ring is 1. The monoisotopic (exact) mass is 294 g/mol. The maximum atomic E-state index is 6.02. The minimum absolute atomic E-state index is 0.605. The number of nitrogens with two attached hydrogens (primary N) is 1. The maximum Gasteiger partial charge on any atom is 0.143 e. The summed E-state index contributed by atoms with van der Waals surface area (Å²) in [5.74, 6) is 2.98. The third kappa shape index (κ3) is 2.72. The second-order valence-electron chi connectivity index (χ2n) is 4.61. The Balaban J connectivity index is 1.72. The number of rotatable bonds is 3. The lowest BCUT2D eigenvalue weighted by Gasteiger charge is -2.14. The number of hydrogen-bond acceptors (Lipinski definition) is 4. The molecule has 19 heavy (non-hydrogen) atoms. The zero-order valence-electron chi connectivity index (χ0n) is 10.5. The van der Waals surface area contributed by atoms with Crippen molar-refractivity contribution in [3.05, 3.63) is 34.9 Å². The molecule has 0 amide bonds. The standard InChI is InChI=1S/C13H15ClN4S/c14-10-7-9(4-5-11(10)15)19-8-13-17-16-12-3-1-2-6-18(12)13/h4-5,7H,1-3,6,8,15H2. The van der Waals surface area contributed by atoms with Crippen LogP contribution in [0.3, 0.4) is 0 Å². The van der Waals surface area contributed by atoms with E-state index in [0.29, 0.717) is 10.7 Å². The smallest absolute Gasteiger partial charge is 0.143 e. The van der Waals surface area contributed by atoms with Crippen LogP contribution in [0.25, 0.3) is 0 Å². The molecule has 0 fully saturated rings. The van der Waals surface area contributed by atoms with Crippen molar-refractivity contribution in [2.45, 2.75) is 36.5 Å². The second-order valence-corrected chi connectivity index (χ2v) is 6.07. The molecule has 0 bridgehead atoms. The molecule has 6 heteroatoms. The molecule has 1 aromatic heterocycles. The van der Waals surface area contributed by atoms with E-state index in [1.165, 1.54) is 12.8 Å². The fraction of sp³-hybridized carbons (Fsp3) is 0.385. The molecule has 1 aromatic carbocycles. The van der Waals surface area contributed by atoms with Gasteiger partial charge in [-0.15, -0.1) is 22.0 Å². The summed E-state index contributed by atoms with van der Waals surface area (Å²) in [4.78, 5) is 1.10. The van der Waals surface area contributed by atoms with E-state index in [1.807, 2.05) is 18.2 Å². The summed E-state index contributed by atoms with van der Waals surface area (Å²) in [6.45, 7) is 1.04. The van der Waals surface area contributed by atoms with Gasteiger partial charge < -0.3 is 10.3 Å². The van der Waals surface area contributed by atoms with Crippen LogP contribution in [0.15, 0.2) is 23.1 Å². The van der Waals surface area contributed by atoms with E-state index in [0.717, 1.165) is 35.3 Å². The van der Waals surface area contributed by atoms with Crippen molar-refractivity contribution in [3.8, 4) is 0 Å². The molecule has 3 rings (SSSR count). The van der Waals surface area contributed by atoms with Gasteiger partial charge in [-0.3, -0.25) is 0 Å². The Morgan fingerprint density at radius 3 is 3.05 bits per heavy atom. The molecule has 1 aliphatic rings. The van der Waals surface area contributed by atoms with Gasteiger partial charge in [0.25, 0.3) is 0 Å². The van der Waals surface area contributed by atoms with Gasteiger partial charge in [0, 0.05) is 17.9 Å². The lowest BCUT2D eigenvalue weighted by Crippen LogP contribution is -2.12. The van der Waals surface area contributed by atoms with Gasteiger partial charge in [-0.2, -0.15) is 0 Å². The van der Waals surface area contributed by atoms with Crippen molar-refractivity contribution < 1.29 is 0 Å². The molecule has 1 aliphatic heterocycles. The first kappa shape index (κ1) is 12.8. The van der Waals surface area contributed by atoms with Crippen LogP contribution in [0.1, 0.15) is 24.5 Å². The Morgan fingerprint density at radius 2 is 2.21 bits per heavy atom. The van der Waals surface area contributed by atoms with Gasteiger partial charge in [-0.1, -0.05) is 11.6 Å². The van der Waals surface area contributed by atoms with E-state index >= 15 is 0 Å². The predicted octanol–water partition coefficient (Wildman–Crippen LogP) is 3.14. The molecule has 2 N–H and O–H groups in total. The minimum atomic E-state index is 0.605. The maximum absolute atomic E-state index is 6.02. The average molecular weight is 295 g/mol. The number of thioether (sulfide) groups is 1. The third-order valence-corrected chi connectivity index (χ3v) is 4.59. The fourth-order valence-electron chi connectivity index (χ4n) is 2.22. The van der Waals surface area contributed by atoms with Crippen molar-refractivity contribution in [1.29, 1.82) is 0 Å². The number of anilines is 1. The van der Waals surface area contributed by atoms with E-state index in [2.05, 4.69) is 14.8 Å². The minimum Gasteiger partial charge on any atom is -0.398 e. The van der Waals surface area contributed by atoms with Gasteiger partial charge in [0.1, 0.15) is 11.6 Å². The SMILES string of the molecule is Nc1ccc(SCc2nnc3n2CCCC3)cc1Cl. The Labute approximate surface area is 121 Å². The van der Waals surface area contributed by atoms with Gasteiger partial charge >= 0.3 is 0 Å². The predicted molar refractivity (Wildman–Crippen MR) is 78.4 cm³/mol. The number of aromatic nitrogens is 3. The summed E-state index contributed by atoms with van der Waals surface area (Å²) in [5.41, 5.74) is 6.32. The van der Waals surface area contributed by atoms with Crippen molar-refractivity contribution >= 4 is 29.1 Å². The zero-order valence-corrected chi connectivity index (χ0v) is 12.0. The summed E-state index contributed by atoms with van der Waals surface area (Å²) in [7, 11) is 0. The van der Waals surface area contributed by atoms with Crippen LogP contribution in [-0.2, 0) is 18.7 Å². The van der Waals surface area contributed by atoms with Gasteiger partial charge in [-0.25, -0.2) is 0 Å². The summed E-state index contributed by atoms with van der Waals surface area (Å²) < 4.78 is 2.25. The van der Waals surface area contributed by atoms with Crippen LogP contribution in [-0.4, -0.2) is 14.8 Å². The molecule has 0 spiro atoms. The van der Waals surface area contributed by atoms with Crippen molar-refractivity contribution in [2.24, 2.45) is 0 Å². The molecule has 100 valence electrons. The number of hydrogen-bond donors (Lipinski definition) is 1. The van der Waals surface area contributed by atoms with Crippen molar-refractivity contribution in [2.75, 3.05) is 5.73 Å². The Hall–Kier alpha value is -1.20. The van der Waals surface area contributed by atoms with E-state index < -0.39 is 0 Å². The highest BCUT2D eigenvalue weighted by atomic mass is 35.5. The first-order valence-electron chi connectivity index (χ1n) is 6.33. The number of benzene rings is 1. The molecular weight excluding hydrogens is 280 g/mol. The summed E-state index contributed by atoms with van der Waals surface area (Å²) >= 11 is 7.73. The van der Waals surface area contributed by atoms with Crippen LogP contribution < -0.4 is 5.73 Å². The fourth-order valence-corrected chi connectivity index (χ4v) is 3.34. The molecule has 0 saturated heterocycles. The van der Waals surface area contributed by atoms with Crippen molar-refractivity contribution in [1.82, 2.24) is 14.8 Å². The molecule has 0 saturated carbocycles. The first-order chi connectivity index (χ1) is 9.24. The Kier molecular flexibility index (Phi) is 3.66. The molecular formula is C13H15ClN4S. The van der Waals surface area contributed by atoms with Crippen LogP contribution >= 0.6 is 23.4 Å². The average Bonchev–Trinajstić information content (AvgIpc) is 2.83. The topological polar surface area (TPSA) is 56.7 Å². The van der Waals surface area contributed by atoms with Crippen molar-refractivity contribution in [3.63, 3.8) is 0 Å². The molecule has 2 aromatic rings. The van der Waals surface area contributed by atoms with E-state index in [9.17, 15) is 0 Å².